The summed E-state index contributed by atoms with van der Waals surface area (Å²) < 4.78 is 5.10. The SMILES string of the molecule is CCCCCCCCCCCCCCCCCCOC(=O)[C@H](N)CCC(=O)O.NC(=O)CC[C@H](N)C(=O)O. The van der Waals surface area contributed by atoms with E-state index in [0.717, 1.165) is 12.8 Å². The molecule has 0 radical (unpaired) electrons. The lowest BCUT2D eigenvalue weighted by Crippen LogP contribution is -2.33. The van der Waals surface area contributed by atoms with Crippen LogP contribution in [0.3, 0.4) is 0 Å². The number of carbonyl (C=O) groups is 4. The lowest BCUT2D eigenvalue weighted by Gasteiger charge is -2.10. The maximum atomic E-state index is 11.6. The van der Waals surface area contributed by atoms with E-state index in [1.807, 2.05) is 0 Å². The van der Waals surface area contributed by atoms with Crippen LogP contribution in [0.25, 0.3) is 0 Å². The second kappa shape index (κ2) is 27.8. The zero-order valence-corrected chi connectivity index (χ0v) is 23.7. The largest absolute Gasteiger partial charge is 0.481 e. The lowest BCUT2D eigenvalue weighted by molar-refractivity contribution is -0.146. The molecule has 0 saturated carbocycles. The molecule has 10 heteroatoms. The van der Waals surface area contributed by atoms with Gasteiger partial charge in [0.05, 0.1) is 6.61 Å². The summed E-state index contributed by atoms with van der Waals surface area (Å²) in [5.41, 5.74) is 15.4. The molecule has 0 aliphatic heterocycles. The molecule has 0 bridgehead atoms. The van der Waals surface area contributed by atoms with Gasteiger partial charge in [-0.15, -0.1) is 0 Å². The standard InChI is InChI=1S/C23H45NO4.C5H10N2O3/c1-2-3-4-5-6-7-8-9-10-11-12-13-14-15-16-17-20-28-23(27)21(24)18-19-22(25)26;6-3(5(9)10)1-2-4(7)8/h21H,2-20,24H2,1H3,(H,25,26);3H,1-2,6H2,(H2,7,8)(H,9,10)/t21-;3-/m10/s1. The highest BCUT2D eigenvalue weighted by molar-refractivity contribution is 5.77. The second-order valence-corrected chi connectivity index (χ2v) is 9.96. The van der Waals surface area contributed by atoms with Crippen molar-refractivity contribution >= 4 is 23.8 Å². The number of carboxylic acid groups (broad SMARTS) is 2. The molecule has 0 heterocycles. The molecular formula is C28H55N3O7. The number of hydrogen-bond donors (Lipinski definition) is 5. The number of rotatable bonds is 25. The van der Waals surface area contributed by atoms with Crippen LogP contribution in [-0.4, -0.2) is 52.7 Å². The Balaban J connectivity index is 0. The van der Waals surface area contributed by atoms with Gasteiger partial charge in [0.2, 0.25) is 5.91 Å². The van der Waals surface area contributed by atoms with Crippen LogP contribution >= 0.6 is 0 Å². The van der Waals surface area contributed by atoms with E-state index in [-0.39, 0.29) is 25.7 Å². The van der Waals surface area contributed by atoms with Crippen LogP contribution < -0.4 is 17.2 Å². The van der Waals surface area contributed by atoms with Crippen LogP contribution in [-0.2, 0) is 23.9 Å². The highest BCUT2D eigenvalue weighted by Crippen LogP contribution is 2.13. The number of amides is 1. The predicted molar refractivity (Wildman–Crippen MR) is 149 cm³/mol. The third-order valence-corrected chi connectivity index (χ3v) is 6.23. The molecule has 0 rings (SSSR count). The average Bonchev–Trinajstić information content (AvgIpc) is 2.87. The molecule has 8 N–H and O–H groups in total. The predicted octanol–water partition coefficient (Wildman–Crippen LogP) is 4.65. The average molecular weight is 546 g/mol. The van der Waals surface area contributed by atoms with Gasteiger partial charge in [-0.3, -0.25) is 19.2 Å². The maximum absolute atomic E-state index is 11.6. The number of aliphatic carboxylic acids is 2. The maximum Gasteiger partial charge on any atom is 0.322 e. The van der Waals surface area contributed by atoms with Gasteiger partial charge >= 0.3 is 17.9 Å². The number of carbonyl (C=O) groups excluding carboxylic acids is 2. The molecule has 0 unspecified atom stereocenters. The van der Waals surface area contributed by atoms with Crippen molar-refractivity contribution in [3.63, 3.8) is 0 Å². The van der Waals surface area contributed by atoms with Crippen LogP contribution in [0.4, 0.5) is 0 Å². The molecule has 1 amide bonds. The molecule has 0 saturated heterocycles. The van der Waals surface area contributed by atoms with Crippen molar-refractivity contribution in [3.05, 3.63) is 0 Å². The van der Waals surface area contributed by atoms with E-state index in [2.05, 4.69) is 6.92 Å². The number of esters is 1. The van der Waals surface area contributed by atoms with Gasteiger partial charge in [0.15, 0.2) is 0 Å². The topological polar surface area (TPSA) is 196 Å². The van der Waals surface area contributed by atoms with Crippen LogP contribution in [0.5, 0.6) is 0 Å². The number of primary amides is 1. The summed E-state index contributed by atoms with van der Waals surface area (Å²) in [4.78, 5) is 42.2. The Labute approximate surface area is 229 Å². The summed E-state index contributed by atoms with van der Waals surface area (Å²) in [5, 5.41) is 16.8. The van der Waals surface area contributed by atoms with Gasteiger partial charge in [-0.05, 0) is 19.3 Å². The molecule has 0 aliphatic rings. The number of carboxylic acids is 2. The van der Waals surface area contributed by atoms with Crippen LogP contribution in [0, 0.1) is 0 Å². The van der Waals surface area contributed by atoms with Crippen molar-refractivity contribution in [1.29, 1.82) is 0 Å². The van der Waals surface area contributed by atoms with Gasteiger partial charge in [0.1, 0.15) is 12.1 Å². The van der Waals surface area contributed by atoms with Crippen molar-refractivity contribution in [2.45, 2.75) is 147 Å². The first-order valence-electron chi connectivity index (χ1n) is 14.5. The van der Waals surface area contributed by atoms with E-state index in [9.17, 15) is 19.2 Å². The number of ether oxygens (including phenoxy) is 1. The molecule has 0 aromatic carbocycles. The molecule has 224 valence electrons. The molecule has 0 fully saturated rings. The van der Waals surface area contributed by atoms with E-state index < -0.39 is 35.9 Å². The Morgan fingerprint density at radius 3 is 1.39 bits per heavy atom. The lowest BCUT2D eigenvalue weighted by atomic mass is 10.0. The quantitative estimate of drug-likeness (QED) is 0.0801. The molecule has 0 aromatic heterocycles. The van der Waals surface area contributed by atoms with E-state index in [4.69, 9.17) is 32.2 Å². The normalized spacial score (nSPS) is 12.2. The van der Waals surface area contributed by atoms with Gasteiger partial charge in [-0.2, -0.15) is 0 Å². The number of unbranched alkanes of at least 4 members (excludes halogenated alkanes) is 15. The fourth-order valence-electron chi connectivity index (χ4n) is 3.75. The van der Waals surface area contributed by atoms with Crippen molar-refractivity contribution in [2.75, 3.05) is 6.61 Å². The molecular weight excluding hydrogens is 490 g/mol. The van der Waals surface area contributed by atoms with Gasteiger partial charge in [-0.25, -0.2) is 0 Å². The highest BCUT2D eigenvalue weighted by atomic mass is 16.5. The molecule has 38 heavy (non-hydrogen) atoms. The third-order valence-electron chi connectivity index (χ3n) is 6.23. The molecule has 0 aromatic rings. The Hall–Kier alpha value is -2.20. The van der Waals surface area contributed by atoms with Gasteiger partial charge < -0.3 is 32.2 Å². The summed E-state index contributed by atoms with van der Waals surface area (Å²) >= 11 is 0. The molecule has 0 spiro atoms. The summed E-state index contributed by atoms with van der Waals surface area (Å²) in [5.74, 6) is -3.07. The minimum absolute atomic E-state index is 0.0213. The molecule has 0 aliphatic carbocycles. The Morgan fingerprint density at radius 2 is 1.03 bits per heavy atom. The van der Waals surface area contributed by atoms with E-state index >= 15 is 0 Å². The minimum Gasteiger partial charge on any atom is -0.481 e. The van der Waals surface area contributed by atoms with Crippen LogP contribution in [0.15, 0.2) is 0 Å². The zero-order valence-electron chi connectivity index (χ0n) is 23.7. The first-order chi connectivity index (χ1) is 18.1. The number of hydrogen-bond acceptors (Lipinski definition) is 7. The summed E-state index contributed by atoms with van der Waals surface area (Å²) in [6.45, 7) is 2.65. The zero-order chi connectivity index (χ0) is 29.0. The molecule has 10 nitrogen and oxygen atoms in total. The Kier molecular flexibility index (Phi) is 27.8. The van der Waals surface area contributed by atoms with Crippen molar-refractivity contribution in [3.8, 4) is 0 Å². The molecule has 2 atom stereocenters. The fourth-order valence-corrected chi connectivity index (χ4v) is 3.75. The van der Waals surface area contributed by atoms with E-state index in [0.29, 0.717) is 6.61 Å². The number of nitrogens with two attached hydrogens (primary N) is 3. The fraction of sp³-hybridized carbons (Fsp3) is 0.857. The van der Waals surface area contributed by atoms with Crippen molar-refractivity contribution in [2.24, 2.45) is 17.2 Å². The summed E-state index contributed by atoms with van der Waals surface area (Å²) in [6, 6.07) is -1.80. The first-order valence-corrected chi connectivity index (χ1v) is 14.5. The van der Waals surface area contributed by atoms with E-state index in [1.54, 1.807) is 0 Å². The smallest absolute Gasteiger partial charge is 0.322 e. The Bertz CT molecular complexity index is 617. The Morgan fingerprint density at radius 1 is 0.632 bits per heavy atom. The van der Waals surface area contributed by atoms with Gasteiger partial charge in [0, 0.05) is 12.8 Å². The second-order valence-electron chi connectivity index (χ2n) is 9.96. The van der Waals surface area contributed by atoms with Crippen molar-refractivity contribution < 1.29 is 34.1 Å². The summed E-state index contributed by atoms with van der Waals surface area (Å²) in [7, 11) is 0. The monoisotopic (exact) mass is 545 g/mol. The third kappa shape index (κ3) is 30.0. The van der Waals surface area contributed by atoms with Crippen LogP contribution in [0.2, 0.25) is 0 Å². The first kappa shape index (κ1) is 37.9. The highest BCUT2D eigenvalue weighted by Gasteiger charge is 2.16. The van der Waals surface area contributed by atoms with Gasteiger partial charge in [-0.1, -0.05) is 103 Å². The minimum atomic E-state index is -1.11. The van der Waals surface area contributed by atoms with Crippen LogP contribution in [0.1, 0.15) is 135 Å². The van der Waals surface area contributed by atoms with Crippen molar-refractivity contribution in [1.82, 2.24) is 0 Å². The van der Waals surface area contributed by atoms with E-state index in [1.165, 1.54) is 89.9 Å². The summed E-state index contributed by atoms with van der Waals surface area (Å²) in [6.07, 6.45) is 21.1. The van der Waals surface area contributed by atoms with Gasteiger partial charge in [0.25, 0.3) is 0 Å².